The summed E-state index contributed by atoms with van der Waals surface area (Å²) in [6, 6.07) is -0.651. The first-order valence-electron chi connectivity index (χ1n) is 5.97. The van der Waals surface area contributed by atoms with Gasteiger partial charge in [0, 0.05) is 12.8 Å². The van der Waals surface area contributed by atoms with E-state index in [1.165, 1.54) is 7.11 Å². The van der Waals surface area contributed by atoms with Crippen LogP contribution in [-0.4, -0.2) is 36.1 Å². The number of carboxylic acids is 1. The highest BCUT2D eigenvalue weighted by molar-refractivity contribution is 5.84. The lowest BCUT2D eigenvalue weighted by molar-refractivity contribution is -0.146. The molecule has 0 radical (unpaired) electrons. The van der Waals surface area contributed by atoms with Crippen molar-refractivity contribution < 1.29 is 24.2 Å². The molecule has 0 spiro atoms. The molecule has 0 aliphatic heterocycles. The van der Waals surface area contributed by atoms with Crippen LogP contribution in [-0.2, 0) is 19.1 Å². The molecular formula is C12H21NO5. The van der Waals surface area contributed by atoms with Crippen molar-refractivity contribution in [2.75, 3.05) is 7.11 Å². The molecule has 0 bridgehead atoms. The second-order valence-corrected chi connectivity index (χ2v) is 4.41. The summed E-state index contributed by atoms with van der Waals surface area (Å²) < 4.78 is 4.60. The molecule has 2 N–H and O–H groups in total. The van der Waals surface area contributed by atoms with Gasteiger partial charge < -0.3 is 15.2 Å². The number of amides is 1. The summed E-state index contributed by atoms with van der Waals surface area (Å²) in [5, 5.41) is 11.0. The summed E-state index contributed by atoms with van der Waals surface area (Å²) in [5.41, 5.74) is 0. The van der Waals surface area contributed by atoms with Gasteiger partial charge in [0.15, 0.2) is 0 Å². The monoisotopic (exact) mass is 259 g/mol. The fourth-order valence-electron chi connectivity index (χ4n) is 1.43. The number of hydrogen-bond donors (Lipinski definition) is 2. The smallest absolute Gasteiger partial charge is 0.328 e. The highest BCUT2D eigenvalue weighted by Gasteiger charge is 2.24. The van der Waals surface area contributed by atoms with Crippen molar-refractivity contribution in [1.29, 1.82) is 0 Å². The van der Waals surface area contributed by atoms with E-state index < -0.39 is 18.0 Å². The van der Waals surface area contributed by atoms with Crippen LogP contribution in [0, 0.1) is 5.92 Å². The molecule has 1 atom stereocenters. The van der Waals surface area contributed by atoms with E-state index in [0.29, 0.717) is 12.8 Å². The molecule has 0 rings (SSSR count). The van der Waals surface area contributed by atoms with Gasteiger partial charge in [-0.3, -0.25) is 9.59 Å². The van der Waals surface area contributed by atoms with Crippen LogP contribution >= 0.6 is 0 Å². The number of carbonyl (C=O) groups is 3. The Balaban J connectivity index is 4.03. The Labute approximate surface area is 107 Å². The molecule has 1 amide bonds. The zero-order valence-corrected chi connectivity index (χ0v) is 11.1. The maximum absolute atomic E-state index is 11.6. The predicted molar refractivity (Wildman–Crippen MR) is 64.9 cm³/mol. The van der Waals surface area contributed by atoms with Crippen LogP contribution in [0.4, 0.5) is 0 Å². The van der Waals surface area contributed by atoms with Crippen LogP contribution in [0.2, 0.25) is 0 Å². The fourth-order valence-corrected chi connectivity index (χ4v) is 1.43. The van der Waals surface area contributed by atoms with Crippen molar-refractivity contribution in [3.8, 4) is 0 Å². The zero-order valence-electron chi connectivity index (χ0n) is 11.1. The van der Waals surface area contributed by atoms with Gasteiger partial charge in [0.05, 0.1) is 7.11 Å². The number of rotatable bonds is 8. The SMILES string of the molecule is COC(=O)[C@@H](NC(=O)CCCCC(=O)O)C(C)C. The minimum Gasteiger partial charge on any atom is -0.481 e. The Kier molecular flexibility index (Phi) is 7.74. The van der Waals surface area contributed by atoms with Crippen molar-refractivity contribution in [1.82, 2.24) is 5.32 Å². The molecule has 0 aliphatic carbocycles. The molecule has 0 saturated carbocycles. The van der Waals surface area contributed by atoms with E-state index in [9.17, 15) is 14.4 Å². The van der Waals surface area contributed by atoms with Crippen LogP contribution in [0.15, 0.2) is 0 Å². The molecule has 0 fully saturated rings. The maximum Gasteiger partial charge on any atom is 0.328 e. The predicted octanol–water partition coefficient (Wildman–Crippen LogP) is 0.945. The van der Waals surface area contributed by atoms with E-state index >= 15 is 0 Å². The van der Waals surface area contributed by atoms with Gasteiger partial charge in [-0.15, -0.1) is 0 Å². The Morgan fingerprint density at radius 3 is 2.17 bits per heavy atom. The summed E-state index contributed by atoms with van der Waals surface area (Å²) >= 11 is 0. The number of carboxylic acid groups (broad SMARTS) is 1. The third-order valence-electron chi connectivity index (χ3n) is 2.48. The topological polar surface area (TPSA) is 92.7 Å². The molecule has 0 unspecified atom stereocenters. The Bertz CT molecular complexity index is 301. The lowest BCUT2D eigenvalue weighted by atomic mass is 10.0. The van der Waals surface area contributed by atoms with Crippen LogP contribution in [0.3, 0.4) is 0 Å². The Hall–Kier alpha value is -1.59. The molecule has 0 saturated heterocycles. The molecule has 0 aromatic carbocycles. The first kappa shape index (κ1) is 16.4. The molecule has 6 nitrogen and oxygen atoms in total. The summed E-state index contributed by atoms with van der Waals surface area (Å²) in [4.78, 5) is 33.2. The highest BCUT2D eigenvalue weighted by Crippen LogP contribution is 2.05. The van der Waals surface area contributed by atoms with Crippen molar-refractivity contribution in [3.05, 3.63) is 0 Å². The van der Waals surface area contributed by atoms with Crippen molar-refractivity contribution >= 4 is 17.8 Å². The normalized spacial score (nSPS) is 12.0. The number of unbranched alkanes of at least 4 members (excludes halogenated alkanes) is 1. The van der Waals surface area contributed by atoms with E-state index in [1.807, 2.05) is 13.8 Å². The summed E-state index contributed by atoms with van der Waals surface area (Å²) in [6.07, 6.45) is 1.21. The number of nitrogens with one attached hydrogen (secondary N) is 1. The van der Waals surface area contributed by atoms with E-state index in [-0.39, 0.29) is 24.7 Å². The van der Waals surface area contributed by atoms with Crippen LogP contribution in [0.5, 0.6) is 0 Å². The molecule has 104 valence electrons. The second-order valence-electron chi connectivity index (χ2n) is 4.41. The molecule has 0 aromatic rings. The van der Waals surface area contributed by atoms with Crippen LogP contribution < -0.4 is 5.32 Å². The van der Waals surface area contributed by atoms with E-state index in [2.05, 4.69) is 10.1 Å². The largest absolute Gasteiger partial charge is 0.481 e. The standard InChI is InChI=1S/C12H21NO5/c1-8(2)11(12(17)18-3)13-9(14)6-4-5-7-10(15)16/h8,11H,4-7H2,1-3H3,(H,13,14)(H,15,16)/t11-/m0/s1. The van der Waals surface area contributed by atoms with Gasteiger partial charge >= 0.3 is 11.9 Å². The average molecular weight is 259 g/mol. The summed E-state index contributed by atoms with van der Waals surface area (Å²) in [5.74, 6) is -1.65. The lowest BCUT2D eigenvalue weighted by Gasteiger charge is -2.19. The number of carbonyl (C=O) groups excluding carboxylic acids is 2. The molecule has 0 aromatic heterocycles. The van der Waals surface area contributed by atoms with Gasteiger partial charge in [-0.2, -0.15) is 0 Å². The van der Waals surface area contributed by atoms with Crippen molar-refractivity contribution in [2.45, 2.75) is 45.6 Å². The fraction of sp³-hybridized carbons (Fsp3) is 0.750. The molecule has 0 aliphatic rings. The lowest BCUT2D eigenvalue weighted by Crippen LogP contribution is -2.44. The minimum atomic E-state index is -0.870. The number of methoxy groups -OCH3 is 1. The van der Waals surface area contributed by atoms with Gasteiger partial charge in [0.1, 0.15) is 6.04 Å². The quantitative estimate of drug-likeness (QED) is 0.500. The number of hydrogen-bond acceptors (Lipinski definition) is 4. The van der Waals surface area contributed by atoms with Crippen LogP contribution in [0.1, 0.15) is 39.5 Å². The molecular weight excluding hydrogens is 238 g/mol. The first-order valence-corrected chi connectivity index (χ1v) is 5.97. The van der Waals surface area contributed by atoms with E-state index in [4.69, 9.17) is 5.11 Å². The summed E-state index contributed by atoms with van der Waals surface area (Å²) in [6.45, 7) is 3.62. The average Bonchev–Trinajstić information content (AvgIpc) is 2.30. The third-order valence-corrected chi connectivity index (χ3v) is 2.48. The minimum absolute atomic E-state index is 0.0535. The third kappa shape index (κ3) is 6.88. The Morgan fingerprint density at radius 2 is 1.72 bits per heavy atom. The Morgan fingerprint density at radius 1 is 1.17 bits per heavy atom. The molecule has 6 heteroatoms. The van der Waals surface area contributed by atoms with Gasteiger partial charge in [-0.1, -0.05) is 13.8 Å². The van der Waals surface area contributed by atoms with E-state index in [0.717, 1.165) is 0 Å². The summed E-state index contributed by atoms with van der Waals surface area (Å²) in [7, 11) is 1.27. The van der Waals surface area contributed by atoms with Gasteiger partial charge in [0.2, 0.25) is 5.91 Å². The maximum atomic E-state index is 11.6. The van der Waals surface area contributed by atoms with Crippen molar-refractivity contribution in [2.24, 2.45) is 5.92 Å². The first-order chi connectivity index (χ1) is 8.38. The van der Waals surface area contributed by atoms with Gasteiger partial charge in [-0.05, 0) is 18.8 Å². The number of aliphatic carboxylic acids is 1. The highest BCUT2D eigenvalue weighted by atomic mass is 16.5. The number of ether oxygens (including phenoxy) is 1. The van der Waals surface area contributed by atoms with E-state index in [1.54, 1.807) is 0 Å². The van der Waals surface area contributed by atoms with Gasteiger partial charge in [-0.25, -0.2) is 4.79 Å². The second kappa shape index (κ2) is 8.49. The number of esters is 1. The molecule has 0 heterocycles. The molecule has 18 heavy (non-hydrogen) atoms. The zero-order chi connectivity index (χ0) is 14.1. The van der Waals surface area contributed by atoms with Crippen molar-refractivity contribution in [3.63, 3.8) is 0 Å². The van der Waals surface area contributed by atoms with Gasteiger partial charge in [0.25, 0.3) is 0 Å². The van der Waals surface area contributed by atoms with Crippen LogP contribution in [0.25, 0.3) is 0 Å².